The number of hydrogen-bond acceptors (Lipinski definition) is 5. The number of ether oxygens (including phenoxy) is 1. The van der Waals surface area contributed by atoms with Crippen LogP contribution in [0.2, 0.25) is 0 Å². The summed E-state index contributed by atoms with van der Waals surface area (Å²) in [6, 6.07) is 3.89. The first-order chi connectivity index (χ1) is 11.3. The summed E-state index contributed by atoms with van der Waals surface area (Å²) >= 11 is 0. The molecule has 1 unspecified atom stereocenters. The average Bonchev–Trinajstić information content (AvgIpc) is 3.07. The maximum Gasteiger partial charge on any atom is 0.331 e. The number of H-pyrrole nitrogens is 1. The highest BCUT2D eigenvalue weighted by atomic mass is 16.5. The molecule has 1 aliphatic rings. The van der Waals surface area contributed by atoms with Crippen LogP contribution < -0.4 is 5.73 Å². The molecule has 0 aliphatic heterocycles. The van der Waals surface area contributed by atoms with Gasteiger partial charge in [0.15, 0.2) is 0 Å². The molecule has 5 N–H and O–H groups in total. The van der Waals surface area contributed by atoms with Crippen molar-refractivity contribution in [2.75, 3.05) is 6.61 Å². The maximum absolute atomic E-state index is 10.8. The van der Waals surface area contributed by atoms with E-state index in [0.29, 0.717) is 18.7 Å². The van der Waals surface area contributed by atoms with Gasteiger partial charge in [0.1, 0.15) is 5.54 Å². The minimum absolute atomic E-state index is 0.0231. The minimum atomic E-state index is -1.59. The lowest BCUT2D eigenvalue weighted by atomic mass is 9.85. The zero-order valence-corrected chi connectivity index (χ0v) is 13.6. The number of nitrogens with two attached hydrogens (primary N) is 1. The van der Waals surface area contributed by atoms with Crippen LogP contribution in [0.25, 0.3) is 0 Å². The van der Waals surface area contributed by atoms with Crippen molar-refractivity contribution >= 4 is 18.4 Å². The molecule has 1 aromatic heterocycles. The largest absolute Gasteiger partial charge is 0.480 e. The average molecular weight is 338 g/mol. The zero-order chi connectivity index (χ0) is 18.6. The van der Waals surface area contributed by atoms with Crippen LogP contribution >= 0.6 is 0 Å². The second kappa shape index (κ2) is 10.8. The van der Waals surface area contributed by atoms with E-state index in [1.165, 1.54) is 12.2 Å². The van der Waals surface area contributed by atoms with Crippen molar-refractivity contribution in [3.8, 4) is 0 Å². The topological polar surface area (TPSA) is 143 Å². The molecule has 0 spiro atoms. The Labute approximate surface area is 139 Å². The van der Waals surface area contributed by atoms with Gasteiger partial charge in [0.2, 0.25) is 0 Å². The number of allylic oxidation sites excluding steroid dienone is 2. The van der Waals surface area contributed by atoms with E-state index in [9.17, 15) is 14.4 Å². The van der Waals surface area contributed by atoms with E-state index in [-0.39, 0.29) is 12.0 Å². The van der Waals surface area contributed by atoms with Crippen LogP contribution in [-0.4, -0.2) is 45.8 Å². The fourth-order valence-electron chi connectivity index (χ4n) is 1.76. The molecule has 1 atom stereocenters. The van der Waals surface area contributed by atoms with E-state index >= 15 is 0 Å². The van der Waals surface area contributed by atoms with Crippen molar-refractivity contribution in [3.63, 3.8) is 0 Å². The molecule has 0 saturated carbocycles. The third-order valence-electron chi connectivity index (χ3n) is 2.77. The highest BCUT2D eigenvalue weighted by Gasteiger charge is 2.36. The van der Waals surface area contributed by atoms with E-state index in [1.807, 2.05) is 24.5 Å². The molecule has 1 aliphatic carbocycles. The molecular formula is C16H22N2O6. The van der Waals surface area contributed by atoms with Crippen molar-refractivity contribution in [2.45, 2.75) is 25.8 Å². The smallest absolute Gasteiger partial charge is 0.331 e. The van der Waals surface area contributed by atoms with Gasteiger partial charge in [-0.15, -0.1) is 0 Å². The minimum Gasteiger partial charge on any atom is -0.480 e. The summed E-state index contributed by atoms with van der Waals surface area (Å²) in [5, 5.41) is 17.6. The fourth-order valence-corrected chi connectivity index (χ4v) is 1.76. The highest BCUT2D eigenvalue weighted by molar-refractivity contribution is 5.92. The lowest BCUT2D eigenvalue weighted by Crippen LogP contribution is -2.48. The molecule has 0 radical (unpaired) electrons. The molecule has 1 aromatic rings. The maximum atomic E-state index is 10.8. The van der Waals surface area contributed by atoms with Crippen LogP contribution in [-0.2, 0) is 19.1 Å². The molecule has 0 saturated heterocycles. The molecule has 132 valence electrons. The summed E-state index contributed by atoms with van der Waals surface area (Å²) < 4.78 is 4.15. The number of rotatable bonds is 4. The van der Waals surface area contributed by atoms with Gasteiger partial charge in [0.25, 0.3) is 6.47 Å². The van der Waals surface area contributed by atoms with E-state index in [0.717, 1.165) is 0 Å². The Morgan fingerprint density at radius 1 is 1.38 bits per heavy atom. The van der Waals surface area contributed by atoms with Crippen molar-refractivity contribution in [3.05, 3.63) is 47.8 Å². The third-order valence-corrected chi connectivity index (χ3v) is 2.77. The van der Waals surface area contributed by atoms with E-state index in [2.05, 4.69) is 9.72 Å². The first-order valence-electron chi connectivity index (χ1n) is 7.05. The molecule has 0 amide bonds. The summed E-state index contributed by atoms with van der Waals surface area (Å²) in [6.07, 6.45) is 6.35. The molecule has 0 aromatic carbocycles. The molecule has 0 bridgehead atoms. The number of aromatic nitrogens is 1. The first kappa shape index (κ1) is 21.1. The Kier molecular flexibility index (Phi) is 9.50. The van der Waals surface area contributed by atoms with Crippen molar-refractivity contribution in [1.82, 2.24) is 4.98 Å². The van der Waals surface area contributed by atoms with E-state index < -0.39 is 17.5 Å². The highest BCUT2D eigenvalue weighted by Crippen LogP contribution is 2.24. The van der Waals surface area contributed by atoms with Crippen molar-refractivity contribution in [2.24, 2.45) is 5.73 Å². The van der Waals surface area contributed by atoms with Crippen LogP contribution in [0.4, 0.5) is 0 Å². The summed E-state index contributed by atoms with van der Waals surface area (Å²) in [7, 11) is 0. The number of carboxylic acid groups (broad SMARTS) is 2. The molecule has 0 fully saturated rings. The van der Waals surface area contributed by atoms with Gasteiger partial charge in [-0.1, -0.05) is 11.6 Å². The Balaban J connectivity index is 0.000000431. The molecule has 2 rings (SSSR count). The van der Waals surface area contributed by atoms with Crippen molar-refractivity contribution in [1.29, 1.82) is 0 Å². The molecule has 8 heteroatoms. The Hall–Kier alpha value is -2.87. The third kappa shape index (κ3) is 7.95. The number of hydrogen-bond donors (Lipinski definition) is 4. The molecular weight excluding hydrogens is 316 g/mol. The van der Waals surface area contributed by atoms with E-state index in [4.69, 9.17) is 15.9 Å². The van der Waals surface area contributed by atoms with Crippen LogP contribution in [0.15, 0.2) is 47.8 Å². The molecule has 8 nitrogen and oxygen atoms in total. The number of aliphatic carboxylic acids is 2. The predicted molar refractivity (Wildman–Crippen MR) is 87.1 cm³/mol. The van der Waals surface area contributed by atoms with Gasteiger partial charge >= 0.3 is 11.9 Å². The van der Waals surface area contributed by atoms with E-state index in [1.54, 1.807) is 13.8 Å². The zero-order valence-electron chi connectivity index (χ0n) is 13.6. The Bertz CT molecular complexity index is 574. The van der Waals surface area contributed by atoms with Gasteiger partial charge in [-0.3, -0.25) is 4.79 Å². The second-order valence-electron chi connectivity index (χ2n) is 4.82. The normalized spacial score (nSPS) is 18.5. The number of aromatic amines is 1. The van der Waals surface area contributed by atoms with Crippen molar-refractivity contribution < 1.29 is 29.3 Å². The summed E-state index contributed by atoms with van der Waals surface area (Å²) in [5.41, 5.74) is 4.53. The summed E-state index contributed by atoms with van der Waals surface area (Å²) in [6.45, 7) is 4.28. The molecule has 1 heterocycles. The fraction of sp³-hybridized carbons (Fsp3) is 0.312. The van der Waals surface area contributed by atoms with Crippen LogP contribution in [0.3, 0.4) is 0 Å². The standard InChI is InChI=1S/C9H11NO4.C4H5N.C3H6O2/c1-5-2-6(7(11)12)4-9(10,3-5)8(13)14;1-2-4-5-3-1;1-2-5-3-4/h2-3H,4,10H2,1H3,(H,11,12)(H,13,14);1-5H;3H,2H2,1H3. The van der Waals surface area contributed by atoms with Gasteiger partial charge in [-0.2, -0.15) is 0 Å². The number of carbonyl (C=O) groups is 3. The quantitative estimate of drug-likeness (QED) is 0.606. The first-order valence-corrected chi connectivity index (χ1v) is 7.05. The van der Waals surface area contributed by atoms with Gasteiger partial charge in [0, 0.05) is 24.4 Å². The summed E-state index contributed by atoms with van der Waals surface area (Å²) in [4.78, 5) is 33.5. The van der Waals surface area contributed by atoms with Gasteiger partial charge in [-0.25, -0.2) is 9.59 Å². The van der Waals surface area contributed by atoms with Crippen LogP contribution in [0.1, 0.15) is 20.3 Å². The number of carbonyl (C=O) groups excluding carboxylic acids is 1. The van der Waals surface area contributed by atoms with Gasteiger partial charge < -0.3 is 25.7 Å². The van der Waals surface area contributed by atoms with Crippen LogP contribution in [0, 0.1) is 0 Å². The Morgan fingerprint density at radius 2 is 1.96 bits per heavy atom. The second-order valence-corrected chi connectivity index (χ2v) is 4.82. The lowest BCUT2D eigenvalue weighted by Gasteiger charge is -2.25. The lowest BCUT2D eigenvalue weighted by molar-refractivity contribution is -0.141. The van der Waals surface area contributed by atoms with Gasteiger partial charge in [-0.05, 0) is 32.1 Å². The predicted octanol–water partition coefficient (Wildman–Crippen LogP) is 1.32. The van der Waals surface area contributed by atoms with Crippen LogP contribution in [0.5, 0.6) is 0 Å². The van der Waals surface area contributed by atoms with Gasteiger partial charge in [0.05, 0.1) is 6.61 Å². The SMILES string of the molecule is CC1=CC(N)(C(=O)O)CC(C(=O)O)=C1.CCOC=O.c1cc[nH]c1. The molecule has 24 heavy (non-hydrogen) atoms. The Morgan fingerprint density at radius 3 is 2.25 bits per heavy atom. The monoisotopic (exact) mass is 338 g/mol. The number of nitrogens with one attached hydrogen (secondary N) is 1. The number of carboxylic acids is 2. The summed E-state index contributed by atoms with van der Waals surface area (Å²) in [5.74, 6) is -2.35.